The predicted octanol–water partition coefficient (Wildman–Crippen LogP) is 4.24. The van der Waals surface area contributed by atoms with Gasteiger partial charge in [-0.1, -0.05) is 12.1 Å². The Morgan fingerprint density at radius 2 is 1.88 bits per heavy atom. The monoisotopic (exact) mass is 339 g/mol. The van der Waals surface area contributed by atoms with Crippen molar-refractivity contribution < 1.29 is 18.9 Å². The molecule has 0 saturated heterocycles. The second-order valence-electron chi connectivity index (χ2n) is 5.91. The molecule has 0 N–H and O–H groups in total. The van der Waals surface area contributed by atoms with E-state index in [1.807, 2.05) is 26.0 Å². The highest BCUT2D eigenvalue weighted by atomic mass is 16.6. The highest BCUT2D eigenvalue weighted by molar-refractivity contribution is 5.88. The minimum Gasteiger partial charge on any atom is -0.464 e. The second-order valence-corrected chi connectivity index (χ2v) is 5.91. The van der Waals surface area contributed by atoms with Crippen LogP contribution in [-0.4, -0.2) is 10.9 Å². The molecule has 0 aliphatic heterocycles. The van der Waals surface area contributed by atoms with Crippen LogP contribution in [0, 0.1) is 24.0 Å². The number of fused-ring (bicyclic) bond motifs is 1. The Morgan fingerprint density at radius 3 is 2.56 bits per heavy atom. The number of nitro groups is 1. The van der Waals surface area contributed by atoms with E-state index in [0.29, 0.717) is 5.56 Å². The SMILES string of the molecule is Cc1ccc2c(CC(=O)OCc3ccc([N+](=O)[O-])cc3)coc2c1C. The molecule has 0 bridgehead atoms. The summed E-state index contributed by atoms with van der Waals surface area (Å²) in [5.74, 6) is -0.376. The molecule has 3 rings (SSSR count). The van der Waals surface area contributed by atoms with Gasteiger partial charge in [0.1, 0.15) is 12.2 Å². The molecule has 0 aliphatic carbocycles. The van der Waals surface area contributed by atoms with Gasteiger partial charge in [-0.15, -0.1) is 0 Å². The smallest absolute Gasteiger partial charge is 0.310 e. The predicted molar refractivity (Wildman–Crippen MR) is 92.3 cm³/mol. The van der Waals surface area contributed by atoms with Gasteiger partial charge in [0.15, 0.2) is 0 Å². The van der Waals surface area contributed by atoms with Gasteiger partial charge >= 0.3 is 5.97 Å². The molecule has 0 saturated carbocycles. The number of esters is 1. The summed E-state index contributed by atoms with van der Waals surface area (Å²) in [5, 5.41) is 11.5. The van der Waals surface area contributed by atoms with Crippen molar-refractivity contribution in [2.24, 2.45) is 0 Å². The Bertz CT molecular complexity index is 940. The van der Waals surface area contributed by atoms with Crippen LogP contribution in [0.15, 0.2) is 47.1 Å². The van der Waals surface area contributed by atoms with Crippen LogP contribution in [0.1, 0.15) is 22.3 Å². The molecule has 128 valence electrons. The standard InChI is InChI=1S/C19H17NO5/c1-12-3-8-17-15(11-25-19(17)13(12)2)9-18(21)24-10-14-4-6-16(7-5-14)20(22)23/h3-8,11H,9-10H2,1-2H3. The molecule has 1 heterocycles. The molecule has 0 amide bonds. The average Bonchev–Trinajstić information content (AvgIpc) is 3.00. The molecule has 0 aliphatic rings. The first-order valence-electron chi connectivity index (χ1n) is 7.81. The Hall–Kier alpha value is -3.15. The highest BCUT2D eigenvalue weighted by Crippen LogP contribution is 2.27. The second kappa shape index (κ2) is 6.76. The average molecular weight is 339 g/mol. The van der Waals surface area contributed by atoms with Gasteiger partial charge in [-0.25, -0.2) is 0 Å². The van der Waals surface area contributed by atoms with Crippen molar-refractivity contribution in [3.63, 3.8) is 0 Å². The molecule has 2 aromatic carbocycles. The first-order valence-corrected chi connectivity index (χ1v) is 7.81. The van der Waals surface area contributed by atoms with E-state index < -0.39 is 4.92 Å². The van der Waals surface area contributed by atoms with Crippen molar-refractivity contribution in [2.45, 2.75) is 26.9 Å². The van der Waals surface area contributed by atoms with Gasteiger partial charge in [-0.3, -0.25) is 14.9 Å². The van der Waals surface area contributed by atoms with Crippen molar-refractivity contribution in [1.82, 2.24) is 0 Å². The van der Waals surface area contributed by atoms with E-state index >= 15 is 0 Å². The Balaban J connectivity index is 1.65. The molecule has 6 heteroatoms. The lowest BCUT2D eigenvalue weighted by Crippen LogP contribution is -2.07. The zero-order valence-corrected chi connectivity index (χ0v) is 13.9. The fourth-order valence-corrected chi connectivity index (χ4v) is 2.61. The van der Waals surface area contributed by atoms with E-state index in [-0.39, 0.29) is 24.7 Å². The minimum atomic E-state index is -0.469. The third-order valence-electron chi connectivity index (χ3n) is 4.22. The van der Waals surface area contributed by atoms with Crippen molar-refractivity contribution in [2.75, 3.05) is 0 Å². The van der Waals surface area contributed by atoms with E-state index in [9.17, 15) is 14.9 Å². The summed E-state index contributed by atoms with van der Waals surface area (Å²) in [5.41, 5.74) is 4.47. The number of nitrogens with zero attached hydrogens (tertiary/aromatic N) is 1. The van der Waals surface area contributed by atoms with Gasteiger partial charge in [0.2, 0.25) is 0 Å². The van der Waals surface area contributed by atoms with Crippen LogP contribution in [0.4, 0.5) is 5.69 Å². The molecule has 6 nitrogen and oxygen atoms in total. The van der Waals surface area contributed by atoms with E-state index in [1.165, 1.54) is 12.1 Å². The van der Waals surface area contributed by atoms with Crippen LogP contribution in [-0.2, 0) is 22.6 Å². The quantitative estimate of drug-likeness (QED) is 0.394. The van der Waals surface area contributed by atoms with Gasteiger partial charge < -0.3 is 9.15 Å². The lowest BCUT2D eigenvalue weighted by molar-refractivity contribution is -0.384. The van der Waals surface area contributed by atoms with Gasteiger partial charge in [0.25, 0.3) is 5.69 Å². The molecular formula is C19H17NO5. The van der Waals surface area contributed by atoms with Crippen LogP contribution < -0.4 is 0 Å². The lowest BCUT2D eigenvalue weighted by Gasteiger charge is -2.05. The van der Waals surface area contributed by atoms with Crippen LogP contribution >= 0.6 is 0 Å². The summed E-state index contributed by atoms with van der Waals surface area (Å²) in [6.07, 6.45) is 1.70. The van der Waals surface area contributed by atoms with Gasteiger partial charge in [-0.05, 0) is 42.7 Å². The molecule has 0 radical (unpaired) electrons. The molecule has 3 aromatic rings. The van der Waals surface area contributed by atoms with Crippen molar-refractivity contribution in [3.8, 4) is 0 Å². The number of aryl methyl sites for hydroxylation is 2. The number of furan rings is 1. The summed E-state index contributed by atoms with van der Waals surface area (Å²) in [4.78, 5) is 22.2. The number of carbonyl (C=O) groups excluding carboxylic acids is 1. The maximum absolute atomic E-state index is 12.1. The van der Waals surface area contributed by atoms with Gasteiger partial charge in [0.05, 0.1) is 17.6 Å². The maximum atomic E-state index is 12.1. The van der Waals surface area contributed by atoms with Crippen molar-refractivity contribution in [3.05, 3.63) is 75.0 Å². The summed E-state index contributed by atoms with van der Waals surface area (Å²) < 4.78 is 10.8. The molecular weight excluding hydrogens is 322 g/mol. The van der Waals surface area contributed by atoms with E-state index in [4.69, 9.17) is 9.15 Å². The summed E-state index contributed by atoms with van der Waals surface area (Å²) in [6.45, 7) is 4.07. The van der Waals surface area contributed by atoms with E-state index in [1.54, 1.807) is 18.4 Å². The fourth-order valence-electron chi connectivity index (χ4n) is 2.61. The van der Waals surface area contributed by atoms with Gasteiger partial charge in [0, 0.05) is 23.1 Å². The molecule has 25 heavy (non-hydrogen) atoms. The van der Waals surface area contributed by atoms with Crippen LogP contribution in [0.3, 0.4) is 0 Å². The number of carbonyl (C=O) groups is 1. The highest BCUT2D eigenvalue weighted by Gasteiger charge is 2.14. The fraction of sp³-hybridized carbons (Fsp3) is 0.211. The summed E-state index contributed by atoms with van der Waals surface area (Å²) in [7, 11) is 0. The minimum absolute atomic E-state index is 0.00519. The van der Waals surface area contributed by atoms with Gasteiger partial charge in [-0.2, -0.15) is 0 Å². The van der Waals surface area contributed by atoms with Crippen LogP contribution in [0.5, 0.6) is 0 Å². The van der Waals surface area contributed by atoms with E-state index in [0.717, 1.165) is 27.7 Å². The Labute approximate surface area is 144 Å². The Kier molecular flexibility index (Phi) is 4.52. The topological polar surface area (TPSA) is 82.6 Å². The van der Waals surface area contributed by atoms with Crippen LogP contribution in [0.2, 0.25) is 0 Å². The van der Waals surface area contributed by atoms with E-state index in [2.05, 4.69) is 0 Å². The first-order chi connectivity index (χ1) is 12.0. The number of nitro benzene ring substituents is 1. The number of ether oxygens (including phenoxy) is 1. The summed E-state index contributed by atoms with van der Waals surface area (Å²) in [6, 6.07) is 9.87. The number of hydrogen-bond donors (Lipinski definition) is 0. The molecule has 0 unspecified atom stereocenters. The third kappa shape index (κ3) is 3.52. The van der Waals surface area contributed by atoms with Crippen molar-refractivity contribution >= 4 is 22.6 Å². The number of benzene rings is 2. The lowest BCUT2D eigenvalue weighted by atomic mass is 10.0. The van der Waals surface area contributed by atoms with Crippen LogP contribution in [0.25, 0.3) is 11.0 Å². The largest absolute Gasteiger partial charge is 0.464 e. The normalized spacial score (nSPS) is 10.8. The Morgan fingerprint density at radius 1 is 1.16 bits per heavy atom. The third-order valence-corrected chi connectivity index (χ3v) is 4.22. The number of non-ortho nitro benzene ring substituents is 1. The summed E-state index contributed by atoms with van der Waals surface area (Å²) >= 11 is 0. The molecule has 1 aromatic heterocycles. The molecule has 0 spiro atoms. The maximum Gasteiger partial charge on any atom is 0.310 e. The molecule has 0 atom stereocenters. The first kappa shape index (κ1) is 16.7. The zero-order chi connectivity index (χ0) is 18.0. The number of hydrogen-bond acceptors (Lipinski definition) is 5. The number of rotatable bonds is 5. The molecule has 0 fully saturated rings. The zero-order valence-electron chi connectivity index (χ0n) is 13.9. The van der Waals surface area contributed by atoms with Crippen molar-refractivity contribution in [1.29, 1.82) is 0 Å².